The highest BCUT2D eigenvalue weighted by Crippen LogP contribution is 2.24. The zero-order valence-electron chi connectivity index (χ0n) is 12.4. The molecule has 2 amide bonds. The van der Waals surface area contributed by atoms with Gasteiger partial charge in [-0.3, -0.25) is 9.59 Å². The van der Waals surface area contributed by atoms with Crippen LogP contribution in [0.15, 0.2) is 24.3 Å². The van der Waals surface area contributed by atoms with Gasteiger partial charge < -0.3 is 10.2 Å². The van der Waals surface area contributed by atoms with E-state index in [0.29, 0.717) is 17.2 Å². The van der Waals surface area contributed by atoms with Crippen molar-refractivity contribution < 1.29 is 9.59 Å². The smallest absolute Gasteiger partial charge is 0.251 e. The Labute approximate surface area is 139 Å². The molecule has 0 saturated carbocycles. The van der Waals surface area contributed by atoms with Gasteiger partial charge in [0.1, 0.15) is 0 Å². The average Bonchev–Trinajstić information content (AvgIpc) is 3.00. The van der Waals surface area contributed by atoms with Crippen molar-refractivity contribution in [1.82, 2.24) is 5.32 Å². The fourth-order valence-corrected chi connectivity index (χ4v) is 5.29. The van der Waals surface area contributed by atoms with Crippen LogP contribution in [0.3, 0.4) is 0 Å². The Balaban J connectivity index is 1.55. The molecule has 2 fully saturated rings. The molecule has 2 aliphatic heterocycles. The normalized spacial score (nSPS) is 21.9. The van der Waals surface area contributed by atoms with Gasteiger partial charge in [-0.1, -0.05) is 0 Å². The summed E-state index contributed by atoms with van der Waals surface area (Å²) in [6.45, 7) is 1.50. The van der Waals surface area contributed by atoms with Crippen molar-refractivity contribution in [2.24, 2.45) is 0 Å². The number of rotatable bonds is 4. The van der Waals surface area contributed by atoms with Gasteiger partial charge >= 0.3 is 0 Å². The average molecular weight is 336 g/mol. The van der Waals surface area contributed by atoms with E-state index in [0.717, 1.165) is 31.0 Å². The zero-order chi connectivity index (χ0) is 15.4. The van der Waals surface area contributed by atoms with Gasteiger partial charge in [0.25, 0.3) is 5.91 Å². The van der Waals surface area contributed by atoms with E-state index in [-0.39, 0.29) is 11.8 Å². The monoisotopic (exact) mass is 336 g/mol. The second-order valence-corrected chi connectivity index (χ2v) is 8.03. The second kappa shape index (κ2) is 7.42. The lowest BCUT2D eigenvalue weighted by molar-refractivity contribution is -0.117. The van der Waals surface area contributed by atoms with Crippen molar-refractivity contribution in [3.8, 4) is 0 Å². The molecule has 0 radical (unpaired) electrons. The minimum absolute atomic E-state index is 0.0320. The number of anilines is 1. The third kappa shape index (κ3) is 3.79. The van der Waals surface area contributed by atoms with Crippen molar-refractivity contribution in [3.63, 3.8) is 0 Å². The molecule has 2 saturated heterocycles. The van der Waals surface area contributed by atoms with E-state index < -0.39 is 0 Å². The number of hydrogen-bond donors (Lipinski definition) is 1. The summed E-state index contributed by atoms with van der Waals surface area (Å²) in [5.41, 5.74) is 1.54. The highest BCUT2D eigenvalue weighted by molar-refractivity contribution is 8.06. The molecule has 2 heterocycles. The lowest BCUT2D eigenvalue weighted by atomic mass is 10.2. The van der Waals surface area contributed by atoms with Gasteiger partial charge in [0.15, 0.2) is 0 Å². The summed E-state index contributed by atoms with van der Waals surface area (Å²) < 4.78 is 0. The van der Waals surface area contributed by atoms with E-state index in [9.17, 15) is 9.59 Å². The number of thioether (sulfide) groups is 2. The van der Waals surface area contributed by atoms with E-state index >= 15 is 0 Å². The minimum atomic E-state index is -0.0320. The SMILES string of the molecule is O=C(NC[C@@H]1CSCCS1)c1ccc(N2CCCC2=O)cc1. The molecule has 118 valence electrons. The molecule has 1 atom stereocenters. The predicted molar refractivity (Wildman–Crippen MR) is 93.9 cm³/mol. The topological polar surface area (TPSA) is 49.4 Å². The molecule has 4 nitrogen and oxygen atoms in total. The Morgan fingerprint density at radius 3 is 2.73 bits per heavy atom. The summed E-state index contributed by atoms with van der Waals surface area (Å²) in [4.78, 5) is 25.7. The summed E-state index contributed by atoms with van der Waals surface area (Å²) in [7, 11) is 0. The van der Waals surface area contributed by atoms with Crippen molar-refractivity contribution in [1.29, 1.82) is 0 Å². The summed E-state index contributed by atoms with van der Waals surface area (Å²) >= 11 is 3.90. The van der Waals surface area contributed by atoms with Crippen molar-refractivity contribution in [2.75, 3.05) is 35.2 Å². The number of benzene rings is 1. The fourth-order valence-electron chi connectivity index (χ4n) is 2.68. The van der Waals surface area contributed by atoms with E-state index in [2.05, 4.69) is 5.32 Å². The molecule has 2 aliphatic rings. The molecule has 3 rings (SSSR count). The zero-order valence-corrected chi connectivity index (χ0v) is 14.0. The fraction of sp³-hybridized carbons (Fsp3) is 0.500. The highest BCUT2D eigenvalue weighted by Gasteiger charge is 2.22. The first-order chi connectivity index (χ1) is 10.7. The lowest BCUT2D eigenvalue weighted by Gasteiger charge is -2.21. The first-order valence-corrected chi connectivity index (χ1v) is 9.82. The van der Waals surface area contributed by atoms with Gasteiger partial charge in [0, 0.05) is 53.3 Å². The molecule has 0 bridgehead atoms. The molecular formula is C16H20N2O2S2. The Hall–Kier alpha value is -1.14. The lowest BCUT2D eigenvalue weighted by Crippen LogP contribution is -2.33. The van der Waals surface area contributed by atoms with Crippen LogP contribution in [0.5, 0.6) is 0 Å². The Morgan fingerprint density at radius 1 is 1.27 bits per heavy atom. The summed E-state index contributed by atoms with van der Waals surface area (Å²) in [5.74, 6) is 3.63. The number of nitrogens with zero attached hydrogens (tertiary/aromatic N) is 1. The minimum Gasteiger partial charge on any atom is -0.351 e. The Kier molecular flexibility index (Phi) is 5.31. The number of amides is 2. The van der Waals surface area contributed by atoms with Crippen LogP contribution in [-0.2, 0) is 4.79 Å². The second-order valence-electron chi connectivity index (χ2n) is 5.47. The molecule has 1 N–H and O–H groups in total. The van der Waals surface area contributed by atoms with Crippen LogP contribution in [0.2, 0.25) is 0 Å². The van der Waals surface area contributed by atoms with Crippen molar-refractivity contribution >= 4 is 41.0 Å². The van der Waals surface area contributed by atoms with Crippen LogP contribution < -0.4 is 10.2 Å². The molecule has 0 aromatic heterocycles. The Morgan fingerprint density at radius 2 is 2.09 bits per heavy atom. The number of hydrogen-bond acceptors (Lipinski definition) is 4. The Bertz CT molecular complexity index is 542. The maximum Gasteiger partial charge on any atom is 0.251 e. The van der Waals surface area contributed by atoms with Gasteiger partial charge in [-0.05, 0) is 30.7 Å². The van der Waals surface area contributed by atoms with Gasteiger partial charge in [-0.15, -0.1) is 0 Å². The van der Waals surface area contributed by atoms with Gasteiger partial charge in [-0.25, -0.2) is 0 Å². The summed E-state index contributed by atoms with van der Waals surface area (Å²) in [6.07, 6.45) is 1.54. The predicted octanol–water partition coefficient (Wildman–Crippen LogP) is 2.39. The van der Waals surface area contributed by atoms with E-state index in [1.807, 2.05) is 35.7 Å². The largest absolute Gasteiger partial charge is 0.351 e. The van der Waals surface area contributed by atoms with E-state index in [4.69, 9.17) is 0 Å². The molecule has 6 heteroatoms. The molecule has 0 aliphatic carbocycles. The molecular weight excluding hydrogens is 316 g/mol. The molecule has 1 aromatic carbocycles. The maximum absolute atomic E-state index is 12.2. The maximum atomic E-state index is 12.2. The van der Waals surface area contributed by atoms with E-state index in [1.165, 1.54) is 11.5 Å². The number of nitrogens with one attached hydrogen (secondary N) is 1. The van der Waals surface area contributed by atoms with Crippen LogP contribution in [0, 0.1) is 0 Å². The number of carbonyl (C=O) groups is 2. The van der Waals surface area contributed by atoms with Gasteiger partial charge in [0.05, 0.1) is 0 Å². The molecule has 0 unspecified atom stereocenters. The molecule has 0 spiro atoms. The molecule has 22 heavy (non-hydrogen) atoms. The first kappa shape index (κ1) is 15.7. The van der Waals surface area contributed by atoms with Crippen molar-refractivity contribution in [3.05, 3.63) is 29.8 Å². The summed E-state index contributed by atoms with van der Waals surface area (Å²) in [5, 5.41) is 3.53. The van der Waals surface area contributed by atoms with E-state index in [1.54, 1.807) is 17.0 Å². The van der Waals surface area contributed by atoms with Crippen LogP contribution in [-0.4, -0.2) is 47.4 Å². The van der Waals surface area contributed by atoms with Crippen LogP contribution in [0.25, 0.3) is 0 Å². The first-order valence-electron chi connectivity index (χ1n) is 7.62. The third-order valence-corrected chi connectivity index (χ3v) is 6.73. The van der Waals surface area contributed by atoms with Gasteiger partial charge in [0.2, 0.25) is 5.91 Å². The van der Waals surface area contributed by atoms with Crippen LogP contribution >= 0.6 is 23.5 Å². The van der Waals surface area contributed by atoms with Crippen LogP contribution in [0.4, 0.5) is 5.69 Å². The highest BCUT2D eigenvalue weighted by atomic mass is 32.2. The van der Waals surface area contributed by atoms with Crippen molar-refractivity contribution in [2.45, 2.75) is 18.1 Å². The standard InChI is InChI=1S/C16H20N2O2S2/c19-15-2-1-7-18(15)13-5-3-12(4-6-13)16(20)17-10-14-11-21-8-9-22-14/h3-6,14H,1-2,7-11H2,(H,17,20)/t14-/m1/s1. The van der Waals surface area contributed by atoms with Gasteiger partial charge in [-0.2, -0.15) is 23.5 Å². The summed E-state index contributed by atoms with van der Waals surface area (Å²) in [6, 6.07) is 7.34. The number of carbonyl (C=O) groups excluding carboxylic acids is 2. The third-order valence-electron chi connectivity index (χ3n) is 3.89. The van der Waals surface area contributed by atoms with Crippen LogP contribution in [0.1, 0.15) is 23.2 Å². The molecule has 1 aromatic rings. The quantitative estimate of drug-likeness (QED) is 0.917.